The van der Waals surface area contributed by atoms with E-state index in [1.54, 1.807) is 6.92 Å². The third kappa shape index (κ3) is 4.15. The number of nitrogens with two attached hydrogens (primary N) is 1. The summed E-state index contributed by atoms with van der Waals surface area (Å²) < 4.78 is 0. The molecule has 88 valence electrons. The van der Waals surface area contributed by atoms with Crippen LogP contribution in [0, 0.1) is 5.92 Å². The topological polar surface area (TPSA) is 78.6 Å². The number of carbonyl (C=O) groups excluding carboxylic acids is 1. The molecule has 1 heterocycles. The third-order valence-electron chi connectivity index (χ3n) is 2.63. The summed E-state index contributed by atoms with van der Waals surface area (Å²) in [5, 5.41) is 12.1. The lowest BCUT2D eigenvalue weighted by Gasteiger charge is -2.17. The largest absolute Gasteiger partial charge is 0.392 e. The molecule has 2 unspecified atom stereocenters. The Kier molecular flexibility index (Phi) is 5.01. The molecule has 1 aliphatic heterocycles. The van der Waals surface area contributed by atoms with Gasteiger partial charge in [-0.05, 0) is 19.4 Å². The smallest absolute Gasteiger partial charge is 0.223 e. The van der Waals surface area contributed by atoms with Gasteiger partial charge in [0, 0.05) is 32.6 Å². The Morgan fingerprint density at radius 3 is 3.00 bits per heavy atom. The number of carbonyl (C=O) groups is 1. The lowest BCUT2D eigenvalue weighted by Crippen LogP contribution is -2.35. The second-order valence-electron chi connectivity index (χ2n) is 4.20. The maximum Gasteiger partial charge on any atom is 0.223 e. The highest BCUT2D eigenvalue weighted by molar-refractivity contribution is 5.78. The minimum atomic E-state index is -0.337. The summed E-state index contributed by atoms with van der Waals surface area (Å²) in [7, 11) is 0. The van der Waals surface area contributed by atoms with Crippen molar-refractivity contribution in [3.8, 4) is 0 Å². The minimum Gasteiger partial charge on any atom is -0.392 e. The monoisotopic (exact) mass is 215 g/mol. The van der Waals surface area contributed by atoms with E-state index in [-0.39, 0.29) is 12.0 Å². The van der Waals surface area contributed by atoms with Gasteiger partial charge < -0.3 is 21.1 Å². The summed E-state index contributed by atoms with van der Waals surface area (Å²) in [4.78, 5) is 13.3. The molecule has 0 aromatic rings. The second kappa shape index (κ2) is 6.05. The summed E-state index contributed by atoms with van der Waals surface area (Å²) in [6.45, 7) is 5.12. The van der Waals surface area contributed by atoms with Gasteiger partial charge in [0.05, 0.1) is 6.10 Å². The Labute approximate surface area is 90.6 Å². The zero-order valence-electron chi connectivity index (χ0n) is 9.28. The molecule has 0 radical (unpaired) electrons. The highest BCUT2D eigenvalue weighted by atomic mass is 16.3. The number of nitrogens with one attached hydrogen (secondary N) is 1. The number of amides is 1. The Morgan fingerprint density at radius 2 is 2.47 bits per heavy atom. The number of hydrogen-bond acceptors (Lipinski definition) is 4. The van der Waals surface area contributed by atoms with E-state index in [4.69, 9.17) is 10.8 Å². The molecule has 4 N–H and O–H groups in total. The van der Waals surface area contributed by atoms with E-state index in [9.17, 15) is 4.79 Å². The van der Waals surface area contributed by atoms with Crippen molar-refractivity contribution in [1.29, 1.82) is 0 Å². The van der Waals surface area contributed by atoms with E-state index in [0.29, 0.717) is 32.0 Å². The zero-order valence-corrected chi connectivity index (χ0v) is 9.28. The van der Waals surface area contributed by atoms with Crippen LogP contribution in [0.5, 0.6) is 0 Å². The summed E-state index contributed by atoms with van der Waals surface area (Å²) in [5.41, 5.74) is 5.53. The molecule has 5 heteroatoms. The van der Waals surface area contributed by atoms with Gasteiger partial charge in [-0.15, -0.1) is 0 Å². The molecule has 1 amide bonds. The van der Waals surface area contributed by atoms with Crippen LogP contribution in [0.3, 0.4) is 0 Å². The number of rotatable bonds is 6. The summed E-state index contributed by atoms with van der Waals surface area (Å²) in [6.07, 6.45) is 0.253. The predicted octanol–water partition coefficient (Wildman–Crippen LogP) is -1.24. The molecule has 1 saturated heterocycles. The first kappa shape index (κ1) is 12.4. The molecule has 0 spiro atoms. The number of hydrogen-bond donors (Lipinski definition) is 3. The van der Waals surface area contributed by atoms with Crippen LogP contribution in [0.25, 0.3) is 0 Å². The first-order chi connectivity index (χ1) is 7.13. The fourth-order valence-electron chi connectivity index (χ4n) is 1.75. The fourth-order valence-corrected chi connectivity index (χ4v) is 1.75. The van der Waals surface area contributed by atoms with Crippen LogP contribution in [-0.4, -0.2) is 54.7 Å². The highest BCUT2D eigenvalue weighted by Crippen LogP contribution is 2.15. The van der Waals surface area contributed by atoms with Crippen molar-refractivity contribution < 1.29 is 9.90 Å². The van der Waals surface area contributed by atoms with E-state index in [1.165, 1.54) is 0 Å². The van der Waals surface area contributed by atoms with Crippen LogP contribution in [0.2, 0.25) is 0 Å². The first-order valence-corrected chi connectivity index (χ1v) is 5.50. The van der Waals surface area contributed by atoms with Crippen LogP contribution < -0.4 is 11.1 Å². The van der Waals surface area contributed by atoms with Crippen molar-refractivity contribution in [3.05, 3.63) is 0 Å². The first-order valence-electron chi connectivity index (χ1n) is 5.50. The Morgan fingerprint density at radius 1 is 1.73 bits per heavy atom. The molecule has 0 aliphatic carbocycles. The van der Waals surface area contributed by atoms with Crippen molar-refractivity contribution >= 4 is 5.91 Å². The van der Waals surface area contributed by atoms with E-state index in [2.05, 4.69) is 5.32 Å². The maximum atomic E-state index is 11.5. The van der Waals surface area contributed by atoms with Gasteiger partial charge in [-0.3, -0.25) is 4.79 Å². The van der Waals surface area contributed by atoms with Gasteiger partial charge in [-0.2, -0.15) is 0 Å². The molecule has 0 bridgehead atoms. The molecule has 2 atom stereocenters. The fraction of sp³-hybridized carbons (Fsp3) is 0.900. The van der Waals surface area contributed by atoms with Crippen molar-refractivity contribution in [3.63, 3.8) is 0 Å². The van der Waals surface area contributed by atoms with E-state index in [0.717, 1.165) is 13.1 Å². The van der Waals surface area contributed by atoms with Crippen LogP contribution in [0.1, 0.15) is 13.3 Å². The molecule has 1 aliphatic rings. The van der Waals surface area contributed by atoms with Crippen LogP contribution in [0.4, 0.5) is 0 Å². The minimum absolute atomic E-state index is 0.198. The second-order valence-corrected chi connectivity index (χ2v) is 4.20. The van der Waals surface area contributed by atoms with Crippen LogP contribution in [0.15, 0.2) is 0 Å². The van der Waals surface area contributed by atoms with Gasteiger partial charge in [0.2, 0.25) is 5.91 Å². The Hall–Kier alpha value is -0.650. The van der Waals surface area contributed by atoms with Gasteiger partial charge >= 0.3 is 0 Å². The van der Waals surface area contributed by atoms with Gasteiger partial charge in [0.25, 0.3) is 0 Å². The van der Waals surface area contributed by atoms with Gasteiger partial charge in [0.1, 0.15) is 0 Å². The summed E-state index contributed by atoms with van der Waals surface area (Å²) in [6, 6.07) is 0. The van der Waals surface area contributed by atoms with Crippen LogP contribution in [-0.2, 0) is 4.79 Å². The van der Waals surface area contributed by atoms with E-state index >= 15 is 0 Å². The molecule has 15 heavy (non-hydrogen) atoms. The summed E-state index contributed by atoms with van der Waals surface area (Å²) in [5.74, 6) is 0.526. The quantitative estimate of drug-likeness (QED) is 0.484. The average Bonchev–Trinajstić information content (AvgIpc) is 2.54. The zero-order chi connectivity index (χ0) is 11.3. The number of likely N-dealkylation sites (tertiary alicyclic amines) is 1. The molecule has 0 aromatic carbocycles. The Balaban J connectivity index is 2.14. The number of aliphatic hydroxyl groups is 1. The standard InChI is InChI=1S/C10H21N3O2/c1-8(14)6-12-2-3-13-7-9(5-11)4-10(13)15/h8-9,12,14H,2-7,11H2,1H3. The molecule has 0 aromatic heterocycles. The number of nitrogens with zero attached hydrogens (tertiary/aromatic N) is 1. The SMILES string of the molecule is CC(O)CNCCN1CC(CN)CC1=O. The van der Waals surface area contributed by atoms with Crippen molar-refractivity contribution in [2.24, 2.45) is 11.7 Å². The predicted molar refractivity (Wildman–Crippen MR) is 58.3 cm³/mol. The molecule has 1 fully saturated rings. The Bertz CT molecular complexity index is 209. The third-order valence-corrected chi connectivity index (χ3v) is 2.63. The van der Waals surface area contributed by atoms with Crippen LogP contribution >= 0.6 is 0 Å². The highest BCUT2D eigenvalue weighted by Gasteiger charge is 2.27. The van der Waals surface area contributed by atoms with E-state index in [1.807, 2.05) is 4.90 Å². The normalized spacial score (nSPS) is 23.5. The van der Waals surface area contributed by atoms with Gasteiger partial charge in [-0.1, -0.05) is 0 Å². The average molecular weight is 215 g/mol. The number of aliphatic hydroxyl groups excluding tert-OH is 1. The molecular weight excluding hydrogens is 194 g/mol. The lowest BCUT2D eigenvalue weighted by molar-refractivity contribution is -0.127. The van der Waals surface area contributed by atoms with Gasteiger partial charge in [0.15, 0.2) is 0 Å². The molecule has 0 saturated carbocycles. The molecular formula is C10H21N3O2. The molecule has 1 rings (SSSR count). The van der Waals surface area contributed by atoms with E-state index < -0.39 is 0 Å². The van der Waals surface area contributed by atoms with Crippen molar-refractivity contribution in [1.82, 2.24) is 10.2 Å². The maximum absolute atomic E-state index is 11.5. The van der Waals surface area contributed by atoms with Gasteiger partial charge in [-0.25, -0.2) is 0 Å². The van der Waals surface area contributed by atoms with Crippen molar-refractivity contribution in [2.75, 3.05) is 32.7 Å². The molecule has 5 nitrogen and oxygen atoms in total. The van der Waals surface area contributed by atoms with Crippen molar-refractivity contribution in [2.45, 2.75) is 19.4 Å². The lowest BCUT2D eigenvalue weighted by atomic mass is 10.1. The summed E-state index contributed by atoms with van der Waals surface area (Å²) >= 11 is 0.